The van der Waals surface area contributed by atoms with Crippen LogP contribution in [0.15, 0.2) is 18.2 Å². The molecule has 0 N–H and O–H groups in total. The van der Waals surface area contributed by atoms with Crippen LogP contribution in [0.2, 0.25) is 0 Å². The molecular formula is C19H24N2O7. The van der Waals surface area contributed by atoms with Crippen molar-refractivity contribution in [3.05, 3.63) is 39.4 Å². The van der Waals surface area contributed by atoms with E-state index >= 15 is 0 Å². The number of nitrogens with zero attached hydrogens (tertiary/aromatic N) is 2. The van der Waals surface area contributed by atoms with Crippen LogP contribution in [-0.2, 0) is 14.3 Å². The molecule has 1 aliphatic heterocycles. The average molecular weight is 392 g/mol. The van der Waals surface area contributed by atoms with Gasteiger partial charge in [-0.25, -0.2) is 9.59 Å². The molecule has 0 spiro atoms. The van der Waals surface area contributed by atoms with E-state index < -0.39 is 29.2 Å². The third kappa shape index (κ3) is 5.28. The van der Waals surface area contributed by atoms with Gasteiger partial charge in [0.1, 0.15) is 0 Å². The minimum atomic E-state index is -0.910. The number of nitro groups is 1. The Hall–Kier alpha value is -2.97. The lowest BCUT2D eigenvalue weighted by atomic mass is 10.00. The Kier molecular flexibility index (Phi) is 7.48. The predicted octanol–water partition coefficient (Wildman–Crippen LogP) is 2.72. The van der Waals surface area contributed by atoms with E-state index in [0.29, 0.717) is 6.54 Å². The average Bonchev–Trinajstić information content (AvgIpc) is 2.71. The van der Waals surface area contributed by atoms with E-state index in [1.54, 1.807) is 11.8 Å². The summed E-state index contributed by atoms with van der Waals surface area (Å²) in [6, 6.07) is 3.33. The Morgan fingerprint density at radius 3 is 2.32 bits per heavy atom. The van der Waals surface area contributed by atoms with Gasteiger partial charge in [0.2, 0.25) is 0 Å². The number of carbonyl (C=O) groups excluding carboxylic acids is 3. The zero-order valence-electron chi connectivity index (χ0n) is 16.0. The first-order valence-electron chi connectivity index (χ1n) is 9.30. The van der Waals surface area contributed by atoms with Crippen LogP contribution in [-0.4, -0.2) is 53.5 Å². The lowest BCUT2D eigenvalue weighted by molar-refractivity contribution is -0.384. The number of hydrogen-bond acceptors (Lipinski definition) is 7. The van der Waals surface area contributed by atoms with Crippen LogP contribution in [0.25, 0.3) is 0 Å². The third-order valence-electron chi connectivity index (χ3n) is 4.62. The number of carbonyl (C=O) groups is 3. The molecule has 1 saturated heterocycles. The van der Waals surface area contributed by atoms with Crippen LogP contribution in [0.1, 0.15) is 60.2 Å². The SMILES string of the molecule is CCOC(=O)c1cc(C(=O)OCC(=O)N2CCCCC2CC)cc([N+](=O)[O-])c1. The highest BCUT2D eigenvalue weighted by atomic mass is 16.6. The van der Waals surface area contributed by atoms with E-state index in [2.05, 4.69) is 0 Å². The van der Waals surface area contributed by atoms with Gasteiger partial charge in [0, 0.05) is 24.7 Å². The molecule has 28 heavy (non-hydrogen) atoms. The fraction of sp³-hybridized carbons (Fsp3) is 0.526. The number of nitro benzene ring substituents is 1. The molecule has 9 heteroatoms. The van der Waals surface area contributed by atoms with Gasteiger partial charge in [0.15, 0.2) is 6.61 Å². The Morgan fingerprint density at radius 2 is 1.75 bits per heavy atom. The highest BCUT2D eigenvalue weighted by molar-refractivity contribution is 5.97. The number of piperidine rings is 1. The molecule has 0 aromatic heterocycles. The van der Waals surface area contributed by atoms with Crippen LogP contribution in [0.4, 0.5) is 5.69 Å². The molecular weight excluding hydrogens is 368 g/mol. The van der Waals surface area contributed by atoms with Crippen LogP contribution in [0.3, 0.4) is 0 Å². The molecule has 1 fully saturated rings. The lowest BCUT2D eigenvalue weighted by Gasteiger charge is -2.35. The maximum Gasteiger partial charge on any atom is 0.338 e. The molecule has 0 aliphatic carbocycles. The maximum atomic E-state index is 12.4. The number of likely N-dealkylation sites (tertiary alicyclic amines) is 1. The molecule has 1 heterocycles. The first kappa shape index (κ1) is 21.3. The van der Waals surface area contributed by atoms with Crippen molar-refractivity contribution < 1.29 is 28.8 Å². The van der Waals surface area contributed by atoms with Crippen molar-refractivity contribution in [3.63, 3.8) is 0 Å². The number of benzene rings is 1. The topological polar surface area (TPSA) is 116 Å². The molecule has 9 nitrogen and oxygen atoms in total. The summed E-state index contributed by atoms with van der Waals surface area (Å²) in [5.74, 6) is -1.99. The molecule has 2 rings (SSSR count). The van der Waals surface area contributed by atoms with E-state index in [0.717, 1.165) is 43.9 Å². The van der Waals surface area contributed by atoms with Crippen LogP contribution < -0.4 is 0 Å². The molecule has 152 valence electrons. The van der Waals surface area contributed by atoms with Crippen molar-refractivity contribution in [3.8, 4) is 0 Å². The maximum absolute atomic E-state index is 12.4. The van der Waals surface area contributed by atoms with E-state index in [4.69, 9.17) is 9.47 Å². The van der Waals surface area contributed by atoms with E-state index in [-0.39, 0.29) is 29.7 Å². The summed E-state index contributed by atoms with van der Waals surface area (Å²) in [5, 5.41) is 11.1. The minimum absolute atomic E-state index is 0.0875. The summed E-state index contributed by atoms with van der Waals surface area (Å²) in [6.07, 6.45) is 3.72. The van der Waals surface area contributed by atoms with Crippen molar-refractivity contribution in [2.24, 2.45) is 0 Å². The molecule has 1 aromatic carbocycles. The number of hydrogen-bond donors (Lipinski definition) is 0. The molecule has 1 atom stereocenters. The van der Waals surface area contributed by atoms with Gasteiger partial charge in [-0.2, -0.15) is 0 Å². The van der Waals surface area contributed by atoms with Gasteiger partial charge in [0.05, 0.1) is 22.7 Å². The smallest absolute Gasteiger partial charge is 0.338 e. The summed E-state index contributed by atoms with van der Waals surface area (Å²) in [7, 11) is 0. The first-order valence-corrected chi connectivity index (χ1v) is 9.30. The molecule has 0 radical (unpaired) electrons. The second-order valence-electron chi connectivity index (χ2n) is 6.47. The molecule has 1 aromatic rings. The Morgan fingerprint density at radius 1 is 1.11 bits per heavy atom. The van der Waals surface area contributed by atoms with E-state index in [1.807, 2.05) is 6.92 Å². The molecule has 1 amide bonds. The summed E-state index contributed by atoms with van der Waals surface area (Å²) in [4.78, 5) is 48.7. The first-order chi connectivity index (χ1) is 13.4. The van der Waals surface area contributed by atoms with Gasteiger partial charge < -0.3 is 14.4 Å². The Balaban J connectivity index is 2.11. The largest absolute Gasteiger partial charge is 0.462 e. The number of ether oxygens (including phenoxy) is 2. The highest BCUT2D eigenvalue weighted by Gasteiger charge is 2.26. The standard InChI is InChI=1S/C19H24N2O7/c1-3-15-7-5-6-8-20(15)17(22)12-28-19(24)14-9-13(18(23)27-4-2)10-16(11-14)21(25)26/h9-11,15H,3-8,12H2,1-2H3. The number of non-ortho nitro benzene ring substituents is 1. The van der Waals surface area contributed by atoms with E-state index in [1.165, 1.54) is 0 Å². The minimum Gasteiger partial charge on any atom is -0.462 e. The van der Waals surface area contributed by atoms with Gasteiger partial charge in [0.25, 0.3) is 11.6 Å². The summed E-state index contributed by atoms with van der Waals surface area (Å²) in [6.45, 7) is 3.86. The zero-order chi connectivity index (χ0) is 20.7. The Labute approximate surface area is 162 Å². The van der Waals surface area contributed by atoms with Crippen molar-refractivity contribution in [2.45, 2.75) is 45.6 Å². The zero-order valence-corrected chi connectivity index (χ0v) is 16.0. The van der Waals surface area contributed by atoms with Crippen LogP contribution in [0, 0.1) is 10.1 Å². The van der Waals surface area contributed by atoms with Crippen LogP contribution >= 0.6 is 0 Å². The molecule has 1 unspecified atom stereocenters. The van der Waals surface area contributed by atoms with E-state index in [9.17, 15) is 24.5 Å². The molecule has 0 saturated carbocycles. The van der Waals surface area contributed by atoms with Gasteiger partial charge in [-0.05, 0) is 38.7 Å². The number of esters is 2. The Bertz CT molecular complexity index is 763. The van der Waals surface area contributed by atoms with Gasteiger partial charge in [-0.1, -0.05) is 6.92 Å². The fourth-order valence-corrected chi connectivity index (χ4v) is 3.21. The van der Waals surface area contributed by atoms with Crippen molar-refractivity contribution >= 4 is 23.5 Å². The third-order valence-corrected chi connectivity index (χ3v) is 4.62. The fourth-order valence-electron chi connectivity index (χ4n) is 3.21. The van der Waals surface area contributed by atoms with Crippen molar-refractivity contribution in [2.75, 3.05) is 19.8 Å². The second-order valence-corrected chi connectivity index (χ2v) is 6.47. The van der Waals surface area contributed by atoms with Gasteiger partial charge in [-0.3, -0.25) is 14.9 Å². The summed E-state index contributed by atoms with van der Waals surface area (Å²) >= 11 is 0. The predicted molar refractivity (Wildman–Crippen MR) is 99.0 cm³/mol. The quantitative estimate of drug-likeness (QED) is 0.398. The number of rotatable bonds is 7. The molecule has 1 aliphatic rings. The van der Waals surface area contributed by atoms with Crippen molar-refractivity contribution in [1.29, 1.82) is 0 Å². The monoisotopic (exact) mass is 392 g/mol. The van der Waals surface area contributed by atoms with Gasteiger partial charge in [-0.15, -0.1) is 0 Å². The van der Waals surface area contributed by atoms with Crippen molar-refractivity contribution in [1.82, 2.24) is 4.90 Å². The normalized spacial score (nSPS) is 16.4. The highest BCUT2D eigenvalue weighted by Crippen LogP contribution is 2.21. The second kappa shape index (κ2) is 9.82. The summed E-state index contributed by atoms with van der Waals surface area (Å²) < 4.78 is 9.89. The molecule has 0 bridgehead atoms. The van der Waals surface area contributed by atoms with Crippen LogP contribution in [0.5, 0.6) is 0 Å². The van der Waals surface area contributed by atoms with Gasteiger partial charge >= 0.3 is 11.9 Å². The number of amides is 1. The lowest BCUT2D eigenvalue weighted by Crippen LogP contribution is -2.45. The summed E-state index contributed by atoms with van der Waals surface area (Å²) in [5.41, 5.74) is -0.752.